The van der Waals surface area contributed by atoms with E-state index in [1.54, 1.807) is 22.9 Å². The molecule has 1 aromatic carbocycles. The highest BCUT2D eigenvalue weighted by atomic mass is 16.1. The monoisotopic (exact) mass is 230 g/mol. The molecule has 0 spiro atoms. The molecule has 0 radical (unpaired) electrons. The van der Waals surface area contributed by atoms with Gasteiger partial charge in [-0.2, -0.15) is 5.10 Å². The van der Waals surface area contributed by atoms with Crippen LogP contribution in [0.25, 0.3) is 5.69 Å². The fourth-order valence-electron chi connectivity index (χ4n) is 1.75. The Morgan fingerprint density at radius 2 is 2.00 bits per heavy atom. The zero-order valence-electron chi connectivity index (χ0n) is 9.77. The van der Waals surface area contributed by atoms with E-state index in [-0.39, 0.29) is 0 Å². The number of nitrogens with zero attached hydrogens (tertiary/aromatic N) is 2. The third kappa shape index (κ3) is 1.99. The number of rotatable bonds is 2. The molecule has 17 heavy (non-hydrogen) atoms. The van der Waals surface area contributed by atoms with Gasteiger partial charge in [-0.1, -0.05) is 0 Å². The second-order valence-electron chi connectivity index (χ2n) is 3.98. The number of aryl methyl sites for hydroxylation is 2. The molecule has 5 nitrogen and oxygen atoms in total. The zero-order valence-corrected chi connectivity index (χ0v) is 9.77. The minimum atomic E-state index is -0.479. The van der Waals surface area contributed by atoms with Crippen LogP contribution in [-0.4, -0.2) is 15.7 Å². The van der Waals surface area contributed by atoms with Crippen molar-refractivity contribution in [2.24, 2.45) is 5.73 Å². The SMILES string of the molecule is Cc1cc(C)n(-c2cc(C(N)=O)ccc2N)n1. The van der Waals surface area contributed by atoms with Gasteiger partial charge in [0.25, 0.3) is 0 Å². The standard InChI is InChI=1S/C12H14N4O/c1-7-5-8(2)16(15-7)11-6-9(12(14)17)3-4-10(11)13/h3-6H,13H2,1-2H3,(H2,14,17). The van der Waals surface area contributed by atoms with Crippen molar-refractivity contribution in [3.05, 3.63) is 41.2 Å². The highest BCUT2D eigenvalue weighted by Gasteiger charge is 2.10. The summed E-state index contributed by atoms with van der Waals surface area (Å²) < 4.78 is 1.71. The Hall–Kier alpha value is -2.30. The number of aromatic nitrogens is 2. The molecule has 1 aromatic heterocycles. The van der Waals surface area contributed by atoms with Crippen molar-refractivity contribution < 1.29 is 4.79 Å². The van der Waals surface area contributed by atoms with Crippen molar-refractivity contribution in [2.45, 2.75) is 13.8 Å². The quantitative estimate of drug-likeness (QED) is 0.759. The molecule has 4 N–H and O–H groups in total. The van der Waals surface area contributed by atoms with E-state index in [0.717, 1.165) is 11.4 Å². The van der Waals surface area contributed by atoms with Gasteiger partial charge in [-0.15, -0.1) is 0 Å². The lowest BCUT2D eigenvalue weighted by Crippen LogP contribution is -2.12. The number of hydrogen-bond acceptors (Lipinski definition) is 3. The molecule has 0 aliphatic carbocycles. The van der Waals surface area contributed by atoms with Gasteiger partial charge in [-0.25, -0.2) is 4.68 Å². The summed E-state index contributed by atoms with van der Waals surface area (Å²) >= 11 is 0. The molecule has 1 amide bonds. The minimum absolute atomic E-state index is 0.418. The van der Waals surface area contributed by atoms with Gasteiger partial charge in [0, 0.05) is 11.3 Å². The van der Waals surface area contributed by atoms with Gasteiger partial charge >= 0.3 is 0 Å². The highest BCUT2D eigenvalue weighted by Crippen LogP contribution is 2.20. The Labute approximate surface area is 99.0 Å². The summed E-state index contributed by atoms with van der Waals surface area (Å²) in [6, 6.07) is 6.85. The van der Waals surface area contributed by atoms with Gasteiger partial charge in [0.05, 0.1) is 17.1 Å². The number of hydrogen-bond donors (Lipinski definition) is 2. The lowest BCUT2D eigenvalue weighted by molar-refractivity contribution is 0.100. The summed E-state index contributed by atoms with van der Waals surface area (Å²) in [4.78, 5) is 11.1. The molecule has 0 unspecified atom stereocenters. The number of nitrogen functional groups attached to an aromatic ring is 1. The fraction of sp³-hybridized carbons (Fsp3) is 0.167. The van der Waals surface area contributed by atoms with Crippen LogP contribution in [0, 0.1) is 13.8 Å². The molecule has 0 atom stereocenters. The predicted octanol–water partition coefficient (Wildman–Crippen LogP) is 1.17. The van der Waals surface area contributed by atoms with Gasteiger partial charge in [0.2, 0.25) is 5.91 Å². The summed E-state index contributed by atoms with van der Waals surface area (Å²) in [5, 5.41) is 4.33. The third-order valence-corrected chi connectivity index (χ3v) is 2.55. The maximum atomic E-state index is 11.1. The van der Waals surface area contributed by atoms with E-state index in [2.05, 4.69) is 5.10 Å². The Balaban J connectivity index is 2.62. The highest BCUT2D eigenvalue weighted by molar-refractivity contribution is 5.94. The molecular weight excluding hydrogens is 216 g/mol. The molecule has 1 heterocycles. The van der Waals surface area contributed by atoms with Crippen LogP contribution in [0.2, 0.25) is 0 Å². The van der Waals surface area contributed by atoms with Gasteiger partial charge in [-0.05, 0) is 38.1 Å². The Kier molecular flexibility index (Phi) is 2.59. The molecule has 2 rings (SSSR count). The number of carbonyl (C=O) groups excluding carboxylic acids is 1. The zero-order chi connectivity index (χ0) is 12.6. The van der Waals surface area contributed by atoms with E-state index in [9.17, 15) is 4.79 Å². The number of carbonyl (C=O) groups is 1. The maximum Gasteiger partial charge on any atom is 0.248 e. The van der Waals surface area contributed by atoms with E-state index in [1.165, 1.54) is 0 Å². The molecule has 0 fully saturated rings. The Morgan fingerprint density at radius 3 is 2.53 bits per heavy atom. The van der Waals surface area contributed by atoms with Crippen LogP contribution < -0.4 is 11.5 Å². The first-order valence-electron chi connectivity index (χ1n) is 5.22. The lowest BCUT2D eigenvalue weighted by atomic mass is 10.1. The number of primary amides is 1. The van der Waals surface area contributed by atoms with Crippen LogP contribution in [0.1, 0.15) is 21.7 Å². The van der Waals surface area contributed by atoms with Crippen LogP contribution in [0.4, 0.5) is 5.69 Å². The largest absolute Gasteiger partial charge is 0.397 e. The van der Waals surface area contributed by atoms with E-state index in [0.29, 0.717) is 16.9 Å². The predicted molar refractivity (Wildman–Crippen MR) is 66.0 cm³/mol. The van der Waals surface area contributed by atoms with E-state index in [4.69, 9.17) is 11.5 Å². The topological polar surface area (TPSA) is 86.9 Å². The van der Waals surface area contributed by atoms with E-state index >= 15 is 0 Å². The smallest absolute Gasteiger partial charge is 0.248 e. The molecule has 0 saturated carbocycles. The second kappa shape index (κ2) is 3.93. The van der Waals surface area contributed by atoms with Crippen molar-refractivity contribution in [3.63, 3.8) is 0 Å². The molecular formula is C12H14N4O. The molecule has 0 aliphatic heterocycles. The number of amides is 1. The molecule has 0 saturated heterocycles. The Bertz CT molecular complexity index is 586. The van der Waals surface area contributed by atoms with Crippen molar-refractivity contribution in [3.8, 4) is 5.69 Å². The summed E-state index contributed by atoms with van der Waals surface area (Å²) in [6.45, 7) is 3.83. The maximum absolute atomic E-state index is 11.1. The fourth-order valence-corrected chi connectivity index (χ4v) is 1.75. The van der Waals surface area contributed by atoms with Crippen molar-refractivity contribution in [1.29, 1.82) is 0 Å². The first kappa shape index (κ1) is 11.2. The van der Waals surface area contributed by atoms with Crippen molar-refractivity contribution in [2.75, 3.05) is 5.73 Å². The average Bonchev–Trinajstić information content (AvgIpc) is 2.58. The summed E-state index contributed by atoms with van der Waals surface area (Å²) in [5.74, 6) is -0.479. The number of nitrogens with two attached hydrogens (primary N) is 2. The van der Waals surface area contributed by atoms with Crippen molar-refractivity contribution in [1.82, 2.24) is 9.78 Å². The number of benzene rings is 1. The summed E-state index contributed by atoms with van der Waals surface area (Å²) in [5.41, 5.74) is 14.6. The molecule has 88 valence electrons. The molecule has 5 heteroatoms. The normalized spacial score (nSPS) is 10.5. The second-order valence-corrected chi connectivity index (χ2v) is 3.98. The van der Waals surface area contributed by atoms with E-state index < -0.39 is 5.91 Å². The molecule has 2 aromatic rings. The van der Waals surface area contributed by atoms with Crippen molar-refractivity contribution >= 4 is 11.6 Å². The first-order chi connectivity index (χ1) is 7.99. The minimum Gasteiger partial charge on any atom is -0.397 e. The van der Waals surface area contributed by atoms with Gasteiger partial charge < -0.3 is 11.5 Å². The van der Waals surface area contributed by atoms with Crippen LogP contribution in [0.5, 0.6) is 0 Å². The van der Waals surface area contributed by atoms with Gasteiger partial charge in [-0.3, -0.25) is 4.79 Å². The van der Waals surface area contributed by atoms with Crippen LogP contribution in [-0.2, 0) is 0 Å². The van der Waals surface area contributed by atoms with Gasteiger partial charge in [0.1, 0.15) is 0 Å². The van der Waals surface area contributed by atoms with Gasteiger partial charge in [0.15, 0.2) is 0 Å². The summed E-state index contributed by atoms with van der Waals surface area (Å²) in [6.07, 6.45) is 0. The first-order valence-corrected chi connectivity index (χ1v) is 5.22. The van der Waals surface area contributed by atoms with Crippen LogP contribution in [0.15, 0.2) is 24.3 Å². The van der Waals surface area contributed by atoms with E-state index in [1.807, 2.05) is 19.9 Å². The third-order valence-electron chi connectivity index (χ3n) is 2.55. The van der Waals surface area contributed by atoms with Crippen LogP contribution in [0.3, 0.4) is 0 Å². The molecule has 0 aliphatic rings. The number of anilines is 1. The summed E-state index contributed by atoms with van der Waals surface area (Å²) in [7, 11) is 0. The lowest BCUT2D eigenvalue weighted by Gasteiger charge is -2.09. The Morgan fingerprint density at radius 1 is 1.29 bits per heavy atom. The molecule has 0 bridgehead atoms. The van der Waals surface area contributed by atoms with Crippen LogP contribution >= 0.6 is 0 Å². The average molecular weight is 230 g/mol.